The lowest BCUT2D eigenvalue weighted by molar-refractivity contribution is -0.136. The van der Waals surface area contributed by atoms with E-state index in [9.17, 15) is 19.5 Å². The van der Waals surface area contributed by atoms with Crippen LogP contribution in [0.5, 0.6) is 5.88 Å². The molecule has 1 aliphatic heterocycles. The van der Waals surface area contributed by atoms with Crippen LogP contribution >= 0.6 is 0 Å². The Kier molecular flexibility index (Phi) is 7.36. The van der Waals surface area contributed by atoms with Gasteiger partial charge in [-0.1, -0.05) is 82.7 Å². The smallest absolute Gasteiger partial charge is 0.334 e. The first-order chi connectivity index (χ1) is 17.9. The number of hydrogen-bond donors (Lipinski definition) is 1. The first-order valence-corrected chi connectivity index (χ1v) is 13.9. The summed E-state index contributed by atoms with van der Waals surface area (Å²) in [4.78, 5) is 41.0. The van der Waals surface area contributed by atoms with Crippen LogP contribution in [0.25, 0.3) is 0 Å². The number of carbonyl (C=O) groups excluding carboxylic acids is 1. The molecule has 0 saturated heterocycles. The molecule has 1 aromatic carbocycles. The fourth-order valence-electron chi connectivity index (χ4n) is 6.28. The van der Waals surface area contributed by atoms with Gasteiger partial charge in [-0.25, -0.2) is 9.80 Å². The predicted molar refractivity (Wildman–Crippen MR) is 143 cm³/mol. The van der Waals surface area contributed by atoms with Gasteiger partial charge in [0.05, 0.1) is 11.8 Å². The van der Waals surface area contributed by atoms with Crippen molar-refractivity contribution in [3.63, 3.8) is 0 Å². The van der Waals surface area contributed by atoms with Crippen molar-refractivity contribution in [1.29, 1.82) is 0 Å². The van der Waals surface area contributed by atoms with Gasteiger partial charge in [0.15, 0.2) is 0 Å². The van der Waals surface area contributed by atoms with Crippen LogP contribution in [0.4, 0.5) is 0 Å². The number of rotatable bonds is 5. The molecular formula is C29H38N4O4. The average Bonchev–Trinajstić information content (AvgIpc) is 3.34. The largest absolute Gasteiger partial charge is 0.494 e. The van der Waals surface area contributed by atoms with Crippen molar-refractivity contribution in [2.24, 2.45) is 11.0 Å². The van der Waals surface area contributed by atoms with Gasteiger partial charge in [-0.05, 0) is 31.2 Å². The van der Waals surface area contributed by atoms with E-state index in [2.05, 4.69) is 5.10 Å². The molecule has 2 heterocycles. The fraction of sp³-hybridized carbons (Fsp3) is 0.586. The Bertz CT molecular complexity index is 1280. The van der Waals surface area contributed by atoms with Gasteiger partial charge in [-0.15, -0.1) is 0 Å². The number of carbonyl (C=O) groups is 1. The minimum atomic E-state index is -0.481. The number of aromatic nitrogens is 2. The average molecular weight is 507 g/mol. The number of aromatic hydroxyl groups is 1. The number of amides is 1. The Labute approximate surface area is 217 Å². The molecule has 0 spiro atoms. The fourth-order valence-corrected chi connectivity index (χ4v) is 6.28. The van der Waals surface area contributed by atoms with Crippen LogP contribution in [0.2, 0.25) is 0 Å². The normalized spacial score (nSPS) is 21.4. The van der Waals surface area contributed by atoms with E-state index in [1.165, 1.54) is 14.1 Å². The molecule has 0 radical (unpaired) electrons. The van der Waals surface area contributed by atoms with Gasteiger partial charge in [-0.2, -0.15) is 5.10 Å². The Morgan fingerprint density at radius 3 is 2.03 bits per heavy atom. The SMILES string of the molecule is CC(C)C(=O)N1N=C(c2c(O)n(C3CCCCC3)c(=O)n(C3CCCCC3)c2=O)CC1c1ccccc1. The predicted octanol–water partition coefficient (Wildman–Crippen LogP) is 5.06. The molecule has 2 fully saturated rings. The third-order valence-corrected chi connectivity index (χ3v) is 8.28. The maximum Gasteiger partial charge on any atom is 0.334 e. The van der Waals surface area contributed by atoms with Crippen LogP contribution in [-0.2, 0) is 4.79 Å². The summed E-state index contributed by atoms with van der Waals surface area (Å²) in [6, 6.07) is 8.97. The van der Waals surface area contributed by atoms with Crippen molar-refractivity contribution in [3.05, 3.63) is 62.3 Å². The molecule has 0 bridgehead atoms. The topological polar surface area (TPSA) is 96.9 Å². The number of benzene rings is 1. The Balaban J connectivity index is 1.67. The molecule has 8 nitrogen and oxygen atoms in total. The molecule has 1 atom stereocenters. The molecule has 198 valence electrons. The second-order valence-corrected chi connectivity index (χ2v) is 11.1. The first kappa shape index (κ1) is 25.5. The third kappa shape index (κ3) is 4.78. The number of hydrogen-bond acceptors (Lipinski definition) is 5. The summed E-state index contributed by atoms with van der Waals surface area (Å²) in [7, 11) is 0. The molecule has 1 N–H and O–H groups in total. The van der Waals surface area contributed by atoms with Gasteiger partial charge in [0.25, 0.3) is 5.56 Å². The molecule has 1 amide bonds. The summed E-state index contributed by atoms with van der Waals surface area (Å²) in [5.74, 6) is -0.715. The van der Waals surface area contributed by atoms with Crippen molar-refractivity contribution in [3.8, 4) is 5.88 Å². The van der Waals surface area contributed by atoms with E-state index in [1.807, 2.05) is 44.2 Å². The Hall–Kier alpha value is -3.16. The third-order valence-electron chi connectivity index (χ3n) is 8.28. The lowest BCUT2D eigenvalue weighted by Gasteiger charge is -2.29. The van der Waals surface area contributed by atoms with Crippen LogP contribution in [0.3, 0.4) is 0 Å². The molecule has 5 rings (SSSR count). The zero-order valence-corrected chi connectivity index (χ0v) is 21.9. The van der Waals surface area contributed by atoms with Crippen LogP contribution in [-0.4, -0.2) is 30.9 Å². The summed E-state index contributed by atoms with van der Waals surface area (Å²) in [5.41, 5.74) is 0.488. The second kappa shape index (κ2) is 10.7. The van der Waals surface area contributed by atoms with Crippen LogP contribution in [0.1, 0.15) is 114 Å². The number of nitrogens with zero attached hydrogens (tertiary/aromatic N) is 4. The molecule has 1 aromatic heterocycles. The Morgan fingerprint density at radius 2 is 1.46 bits per heavy atom. The van der Waals surface area contributed by atoms with E-state index >= 15 is 0 Å². The van der Waals surface area contributed by atoms with Crippen molar-refractivity contribution in [1.82, 2.24) is 14.1 Å². The van der Waals surface area contributed by atoms with Crippen LogP contribution in [0.15, 0.2) is 45.0 Å². The van der Waals surface area contributed by atoms with Gasteiger partial charge in [0, 0.05) is 24.4 Å². The maximum absolute atomic E-state index is 14.0. The van der Waals surface area contributed by atoms with Crippen molar-refractivity contribution in [2.45, 2.75) is 103 Å². The highest BCUT2D eigenvalue weighted by atomic mass is 16.3. The quantitative estimate of drug-likeness (QED) is 0.613. The highest BCUT2D eigenvalue weighted by Crippen LogP contribution is 2.37. The van der Waals surface area contributed by atoms with E-state index in [1.54, 1.807) is 0 Å². The van der Waals surface area contributed by atoms with Crippen LogP contribution < -0.4 is 11.2 Å². The summed E-state index contributed by atoms with van der Waals surface area (Å²) >= 11 is 0. The summed E-state index contributed by atoms with van der Waals surface area (Å²) in [6.45, 7) is 3.66. The molecule has 1 unspecified atom stereocenters. The maximum atomic E-state index is 14.0. The van der Waals surface area contributed by atoms with Crippen molar-refractivity contribution < 1.29 is 9.90 Å². The van der Waals surface area contributed by atoms with Crippen molar-refractivity contribution >= 4 is 11.6 Å². The molecule has 8 heteroatoms. The molecule has 2 aliphatic carbocycles. The van der Waals surface area contributed by atoms with Gasteiger partial charge in [0.1, 0.15) is 5.56 Å². The van der Waals surface area contributed by atoms with E-state index < -0.39 is 11.2 Å². The number of hydrazone groups is 1. The minimum absolute atomic E-state index is 0.0794. The molecule has 2 saturated carbocycles. The van der Waals surface area contributed by atoms with Crippen LogP contribution in [0, 0.1) is 5.92 Å². The highest BCUT2D eigenvalue weighted by molar-refractivity contribution is 6.04. The summed E-state index contributed by atoms with van der Waals surface area (Å²) in [6.07, 6.45) is 9.60. The lowest BCUT2D eigenvalue weighted by Crippen LogP contribution is -2.46. The standard InChI is InChI=1S/C29H38N4O4/c1-19(2)26(34)33-24(20-12-6-3-7-13-20)18-23(30-33)25-27(35)31(21-14-8-4-9-15-21)29(37)32(28(25)36)22-16-10-5-11-17-22/h3,6-7,12-13,19,21-22,24,35H,4-5,8-11,14-18H2,1-2H3. The summed E-state index contributed by atoms with van der Waals surface area (Å²) < 4.78 is 2.87. The van der Waals surface area contributed by atoms with Gasteiger partial charge in [0.2, 0.25) is 11.8 Å². The molecular weight excluding hydrogens is 468 g/mol. The molecule has 37 heavy (non-hydrogen) atoms. The van der Waals surface area contributed by atoms with Gasteiger partial charge < -0.3 is 5.11 Å². The van der Waals surface area contributed by atoms with E-state index in [4.69, 9.17) is 0 Å². The minimum Gasteiger partial charge on any atom is -0.494 e. The van der Waals surface area contributed by atoms with E-state index in [-0.39, 0.29) is 41.4 Å². The highest BCUT2D eigenvalue weighted by Gasteiger charge is 2.38. The first-order valence-electron chi connectivity index (χ1n) is 13.9. The van der Waals surface area contributed by atoms with E-state index in [0.29, 0.717) is 12.1 Å². The zero-order chi connectivity index (χ0) is 26.1. The van der Waals surface area contributed by atoms with Gasteiger partial charge >= 0.3 is 5.69 Å². The van der Waals surface area contributed by atoms with E-state index in [0.717, 1.165) is 69.8 Å². The van der Waals surface area contributed by atoms with Crippen molar-refractivity contribution in [2.75, 3.05) is 0 Å². The zero-order valence-electron chi connectivity index (χ0n) is 21.9. The monoisotopic (exact) mass is 506 g/mol. The van der Waals surface area contributed by atoms with Gasteiger partial charge in [-0.3, -0.25) is 18.7 Å². The Morgan fingerprint density at radius 1 is 0.892 bits per heavy atom. The lowest BCUT2D eigenvalue weighted by atomic mass is 9.93. The molecule has 3 aliphatic rings. The summed E-state index contributed by atoms with van der Waals surface area (Å²) in [5, 5.41) is 17.7. The second-order valence-electron chi connectivity index (χ2n) is 11.1. The molecule has 2 aromatic rings.